The molecule has 23 heavy (non-hydrogen) atoms. The van der Waals surface area contributed by atoms with Crippen molar-refractivity contribution in [2.75, 3.05) is 23.3 Å². The quantitative estimate of drug-likeness (QED) is 0.904. The third-order valence-electron chi connectivity index (χ3n) is 3.78. The highest BCUT2D eigenvalue weighted by molar-refractivity contribution is 5.88. The van der Waals surface area contributed by atoms with Gasteiger partial charge < -0.3 is 10.2 Å². The number of hydrogen-bond donors (Lipinski definition) is 2. The first-order chi connectivity index (χ1) is 11.1. The molecule has 1 aliphatic heterocycles. The van der Waals surface area contributed by atoms with Gasteiger partial charge >= 0.3 is 6.03 Å². The lowest BCUT2D eigenvalue weighted by atomic mass is 10.1. The monoisotopic (exact) mass is 318 g/mol. The molecule has 0 radical (unpaired) electrons. The number of carbonyl (C=O) groups excluding carboxylic acids is 1. The Labute approximate surface area is 133 Å². The van der Waals surface area contributed by atoms with Crippen LogP contribution in [-0.2, 0) is 7.05 Å². The van der Waals surface area contributed by atoms with Crippen molar-refractivity contribution in [3.8, 4) is 0 Å². The fourth-order valence-electron chi connectivity index (χ4n) is 2.69. The molecule has 122 valence electrons. The molecule has 8 heteroatoms. The molecule has 7 nitrogen and oxygen atoms in total. The fourth-order valence-corrected chi connectivity index (χ4v) is 2.69. The lowest BCUT2D eigenvalue weighted by Crippen LogP contribution is -2.49. The maximum atomic E-state index is 12.8. The number of pyridine rings is 1. The number of nitrogens with one attached hydrogen (secondary N) is 2. The largest absolute Gasteiger partial charge is 0.367 e. The Morgan fingerprint density at radius 2 is 2.26 bits per heavy atom. The molecule has 2 N–H and O–H groups in total. The Morgan fingerprint density at radius 3 is 2.96 bits per heavy atom. The van der Waals surface area contributed by atoms with Gasteiger partial charge in [0.15, 0.2) is 0 Å². The zero-order valence-electron chi connectivity index (χ0n) is 12.9. The van der Waals surface area contributed by atoms with E-state index in [1.54, 1.807) is 4.68 Å². The summed E-state index contributed by atoms with van der Waals surface area (Å²) in [5.74, 6) is -0.112. The number of nitrogens with zero attached hydrogens (tertiary/aromatic N) is 4. The lowest BCUT2D eigenvalue weighted by molar-refractivity contribution is 0.246. The van der Waals surface area contributed by atoms with Gasteiger partial charge in [-0.1, -0.05) is 0 Å². The molecule has 2 aromatic rings. The van der Waals surface area contributed by atoms with Crippen LogP contribution in [0.3, 0.4) is 0 Å². The fraction of sp³-hybridized carbons (Fsp3) is 0.400. The third-order valence-corrected chi connectivity index (χ3v) is 3.78. The number of aryl methyl sites for hydroxylation is 1. The van der Waals surface area contributed by atoms with Gasteiger partial charge in [-0.05, 0) is 25.0 Å². The third kappa shape index (κ3) is 3.97. The minimum absolute atomic E-state index is 0.0457. The van der Waals surface area contributed by atoms with Crippen LogP contribution in [0.1, 0.15) is 12.8 Å². The summed E-state index contributed by atoms with van der Waals surface area (Å²) in [5.41, 5.74) is 1.06. The van der Waals surface area contributed by atoms with E-state index in [1.165, 1.54) is 12.1 Å². The Hall–Kier alpha value is -2.64. The lowest BCUT2D eigenvalue weighted by Gasteiger charge is -2.33. The van der Waals surface area contributed by atoms with Gasteiger partial charge in [0.2, 0.25) is 0 Å². The second kappa shape index (κ2) is 6.64. The highest BCUT2D eigenvalue weighted by Crippen LogP contribution is 2.19. The minimum Gasteiger partial charge on any atom is -0.367 e. The van der Waals surface area contributed by atoms with Gasteiger partial charge in [0, 0.05) is 32.4 Å². The van der Waals surface area contributed by atoms with Gasteiger partial charge in [0.1, 0.15) is 11.6 Å². The summed E-state index contributed by atoms with van der Waals surface area (Å²) in [7, 11) is 1.88. The van der Waals surface area contributed by atoms with Crippen LogP contribution in [0.4, 0.5) is 20.7 Å². The Kier molecular flexibility index (Phi) is 4.40. The van der Waals surface area contributed by atoms with Gasteiger partial charge in [0.05, 0.1) is 18.1 Å². The van der Waals surface area contributed by atoms with Crippen LogP contribution in [-0.4, -0.2) is 39.9 Å². The van der Waals surface area contributed by atoms with Crippen LogP contribution in [0, 0.1) is 5.82 Å². The second-order valence-corrected chi connectivity index (χ2v) is 5.62. The summed E-state index contributed by atoms with van der Waals surface area (Å²) in [4.78, 5) is 18.0. The number of halogens is 1. The topological polar surface area (TPSA) is 75.1 Å². The van der Waals surface area contributed by atoms with E-state index in [-0.39, 0.29) is 12.1 Å². The average molecular weight is 318 g/mol. The number of rotatable bonds is 3. The first-order valence-corrected chi connectivity index (χ1v) is 7.53. The molecule has 0 aromatic carbocycles. The van der Waals surface area contributed by atoms with Crippen molar-refractivity contribution in [1.82, 2.24) is 20.1 Å². The van der Waals surface area contributed by atoms with Crippen molar-refractivity contribution in [3.63, 3.8) is 0 Å². The molecule has 0 spiro atoms. The van der Waals surface area contributed by atoms with Gasteiger partial charge in [0.25, 0.3) is 0 Å². The summed E-state index contributed by atoms with van der Waals surface area (Å²) >= 11 is 0. The molecule has 2 amide bonds. The van der Waals surface area contributed by atoms with Crippen LogP contribution in [0.15, 0.2) is 30.7 Å². The van der Waals surface area contributed by atoms with Gasteiger partial charge in [-0.3, -0.25) is 10.00 Å². The molecule has 1 atom stereocenters. The van der Waals surface area contributed by atoms with Crippen LogP contribution >= 0.6 is 0 Å². The molecular weight excluding hydrogens is 299 g/mol. The molecule has 3 heterocycles. The summed E-state index contributed by atoms with van der Waals surface area (Å²) < 4.78 is 14.6. The second-order valence-electron chi connectivity index (χ2n) is 5.62. The molecule has 1 saturated heterocycles. The zero-order valence-corrected chi connectivity index (χ0v) is 12.9. The molecule has 0 bridgehead atoms. The summed E-state index contributed by atoms with van der Waals surface area (Å²) in [6, 6.07) is 2.40. The number of aromatic nitrogens is 3. The summed E-state index contributed by atoms with van der Waals surface area (Å²) in [6.07, 6.45) is 6.77. The Balaban J connectivity index is 1.54. The Morgan fingerprint density at radius 1 is 1.39 bits per heavy atom. The van der Waals surface area contributed by atoms with E-state index in [9.17, 15) is 9.18 Å². The highest BCUT2D eigenvalue weighted by Gasteiger charge is 2.22. The average Bonchev–Trinajstić information content (AvgIpc) is 2.96. The molecule has 1 fully saturated rings. The number of piperidine rings is 1. The number of anilines is 2. The molecule has 3 rings (SSSR count). The molecule has 0 unspecified atom stereocenters. The smallest absolute Gasteiger partial charge is 0.320 e. The highest BCUT2D eigenvalue weighted by atomic mass is 19.1. The minimum atomic E-state index is -0.435. The normalized spacial score (nSPS) is 17.8. The number of urea groups is 1. The first kappa shape index (κ1) is 15.3. The summed E-state index contributed by atoms with van der Waals surface area (Å²) in [6.45, 7) is 1.68. The molecule has 0 aliphatic carbocycles. The number of amides is 2. The van der Waals surface area contributed by atoms with E-state index in [4.69, 9.17) is 0 Å². The van der Waals surface area contributed by atoms with Crippen LogP contribution < -0.4 is 15.5 Å². The van der Waals surface area contributed by atoms with Crippen molar-refractivity contribution < 1.29 is 9.18 Å². The van der Waals surface area contributed by atoms with Crippen LogP contribution in [0.2, 0.25) is 0 Å². The van der Waals surface area contributed by atoms with Crippen molar-refractivity contribution in [1.29, 1.82) is 0 Å². The van der Waals surface area contributed by atoms with E-state index in [0.717, 1.165) is 37.8 Å². The van der Waals surface area contributed by atoms with Crippen molar-refractivity contribution in [2.45, 2.75) is 18.9 Å². The SMILES string of the molecule is Cn1cc(N2CCC[C@@H](NC(=O)Nc3ccc(F)cn3)C2)cn1. The molecule has 2 aromatic heterocycles. The zero-order chi connectivity index (χ0) is 16.2. The molecular formula is C15H19FN6O. The summed E-state index contributed by atoms with van der Waals surface area (Å²) in [5, 5.41) is 9.73. The van der Waals surface area contributed by atoms with E-state index in [0.29, 0.717) is 5.82 Å². The predicted octanol–water partition coefficient (Wildman–Crippen LogP) is 1.74. The maximum Gasteiger partial charge on any atom is 0.320 e. The Bertz CT molecular complexity index is 671. The molecule has 0 saturated carbocycles. The maximum absolute atomic E-state index is 12.8. The predicted molar refractivity (Wildman–Crippen MR) is 84.8 cm³/mol. The van der Waals surface area contributed by atoms with E-state index < -0.39 is 5.82 Å². The van der Waals surface area contributed by atoms with E-state index >= 15 is 0 Å². The van der Waals surface area contributed by atoms with Gasteiger partial charge in [-0.15, -0.1) is 0 Å². The van der Waals surface area contributed by atoms with Crippen molar-refractivity contribution >= 4 is 17.5 Å². The van der Waals surface area contributed by atoms with Gasteiger partial charge in [-0.25, -0.2) is 14.2 Å². The standard InChI is InChI=1S/C15H19FN6O/c1-21-10-13(8-18-21)22-6-2-3-12(9-22)19-15(23)20-14-5-4-11(16)7-17-14/h4-5,7-8,10,12H,2-3,6,9H2,1H3,(H2,17,19,20,23)/t12-/m1/s1. The van der Waals surface area contributed by atoms with Crippen molar-refractivity contribution in [3.05, 3.63) is 36.5 Å². The van der Waals surface area contributed by atoms with Crippen LogP contribution in [0.5, 0.6) is 0 Å². The number of hydrogen-bond acceptors (Lipinski definition) is 4. The first-order valence-electron chi connectivity index (χ1n) is 7.53. The van der Waals surface area contributed by atoms with Crippen molar-refractivity contribution in [2.24, 2.45) is 7.05 Å². The van der Waals surface area contributed by atoms with E-state index in [2.05, 4.69) is 25.6 Å². The van der Waals surface area contributed by atoms with Crippen LogP contribution in [0.25, 0.3) is 0 Å². The number of carbonyl (C=O) groups is 1. The van der Waals surface area contributed by atoms with Gasteiger partial charge in [-0.2, -0.15) is 5.10 Å². The van der Waals surface area contributed by atoms with E-state index in [1.807, 2.05) is 19.4 Å². The molecule has 1 aliphatic rings.